The van der Waals surface area contributed by atoms with E-state index >= 15 is 0 Å². The highest BCUT2D eigenvalue weighted by Crippen LogP contribution is 2.31. The molecule has 9 nitrogen and oxygen atoms in total. The number of aryl methyl sites for hydroxylation is 1. The first-order valence-electron chi connectivity index (χ1n) is 10.6. The second kappa shape index (κ2) is 9.86. The van der Waals surface area contributed by atoms with E-state index in [-0.39, 0.29) is 0 Å². The standard InChI is InChI=1S/C23H25N7O2/c1-16-8-7-9-17(27-16)20-21(30-15-6-3-10-19(30)29-20)18-11-14-25-22(28-18)24-12-4-2-5-13-26-23(31)32/h3,6-11,14-15,26H,2,4-5,12-13H2,1H3,(H,31,32)(H,24,25,28). The molecule has 0 aliphatic rings. The highest BCUT2D eigenvalue weighted by Gasteiger charge is 2.18. The monoisotopic (exact) mass is 431 g/mol. The van der Waals surface area contributed by atoms with E-state index in [0.29, 0.717) is 19.0 Å². The van der Waals surface area contributed by atoms with Gasteiger partial charge in [-0.3, -0.25) is 9.38 Å². The van der Waals surface area contributed by atoms with Crippen LogP contribution in [0.3, 0.4) is 0 Å². The SMILES string of the molecule is Cc1cccc(-c2nc3ccccn3c2-c2ccnc(NCCCCCNC(=O)O)n2)n1. The van der Waals surface area contributed by atoms with Crippen molar-refractivity contribution in [3.63, 3.8) is 0 Å². The van der Waals surface area contributed by atoms with Crippen LogP contribution in [0.5, 0.6) is 0 Å². The normalized spacial score (nSPS) is 10.9. The van der Waals surface area contributed by atoms with Gasteiger partial charge in [-0.25, -0.2) is 19.7 Å². The van der Waals surface area contributed by atoms with Crippen molar-refractivity contribution in [2.45, 2.75) is 26.2 Å². The second-order valence-corrected chi connectivity index (χ2v) is 7.39. The molecule has 0 aliphatic heterocycles. The molecule has 1 amide bonds. The van der Waals surface area contributed by atoms with Gasteiger partial charge in [-0.15, -0.1) is 0 Å². The summed E-state index contributed by atoms with van der Waals surface area (Å²) in [6, 6.07) is 13.6. The third kappa shape index (κ3) is 5.00. The molecule has 32 heavy (non-hydrogen) atoms. The van der Waals surface area contributed by atoms with E-state index in [0.717, 1.165) is 53.4 Å². The summed E-state index contributed by atoms with van der Waals surface area (Å²) in [4.78, 5) is 29.0. The molecule has 0 unspecified atom stereocenters. The van der Waals surface area contributed by atoms with Gasteiger partial charge >= 0.3 is 6.09 Å². The van der Waals surface area contributed by atoms with Crippen LogP contribution in [0.4, 0.5) is 10.7 Å². The van der Waals surface area contributed by atoms with Gasteiger partial charge in [0.1, 0.15) is 17.0 Å². The van der Waals surface area contributed by atoms with Crippen LogP contribution in [0, 0.1) is 6.92 Å². The number of rotatable bonds is 9. The molecule has 164 valence electrons. The zero-order chi connectivity index (χ0) is 22.3. The topological polar surface area (TPSA) is 117 Å². The molecule has 0 bridgehead atoms. The van der Waals surface area contributed by atoms with Gasteiger partial charge in [0.2, 0.25) is 5.95 Å². The van der Waals surface area contributed by atoms with E-state index in [1.807, 2.05) is 60.0 Å². The van der Waals surface area contributed by atoms with Gasteiger partial charge in [0.25, 0.3) is 0 Å². The van der Waals surface area contributed by atoms with Crippen LogP contribution in [0.25, 0.3) is 28.4 Å². The number of unbranched alkanes of at least 4 members (excludes halogenated alkanes) is 2. The van der Waals surface area contributed by atoms with Crippen LogP contribution in [0.1, 0.15) is 25.0 Å². The molecule has 0 aromatic carbocycles. The number of carboxylic acid groups (broad SMARTS) is 1. The van der Waals surface area contributed by atoms with Gasteiger partial charge in [-0.2, -0.15) is 0 Å². The Morgan fingerprint density at radius 3 is 2.69 bits per heavy atom. The molecule has 0 aliphatic carbocycles. The number of pyridine rings is 2. The Kier molecular flexibility index (Phi) is 6.54. The molecule has 4 rings (SSSR count). The van der Waals surface area contributed by atoms with Crippen LogP contribution in [-0.4, -0.2) is 48.6 Å². The lowest BCUT2D eigenvalue weighted by Crippen LogP contribution is -2.21. The van der Waals surface area contributed by atoms with E-state index in [2.05, 4.69) is 20.6 Å². The summed E-state index contributed by atoms with van der Waals surface area (Å²) in [7, 11) is 0. The first-order chi connectivity index (χ1) is 15.6. The predicted octanol–water partition coefficient (Wildman–Crippen LogP) is 4.01. The van der Waals surface area contributed by atoms with E-state index in [1.54, 1.807) is 6.20 Å². The summed E-state index contributed by atoms with van der Waals surface area (Å²) in [5.41, 5.74) is 4.94. The number of nitrogens with one attached hydrogen (secondary N) is 2. The number of imidazole rings is 1. The average Bonchev–Trinajstić information content (AvgIpc) is 3.18. The molecule has 0 radical (unpaired) electrons. The van der Waals surface area contributed by atoms with Crippen molar-refractivity contribution < 1.29 is 9.90 Å². The molecular formula is C23H25N7O2. The Balaban J connectivity index is 1.54. The molecule has 3 N–H and O–H groups in total. The van der Waals surface area contributed by atoms with Crippen LogP contribution >= 0.6 is 0 Å². The van der Waals surface area contributed by atoms with Crippen molar-refractivity contribution in [3.8, 4) is 22.8 Å². The van der Waals surface area contributed by atoms with Crippen molar-refractivity contribution in [1.29, 1.82) is 0 Å². The fourth-order valence-electron chi connectivity index (χ4n) is 3.49. The lowest BCUT2D eigenvalue weighted by atomic mass is 10.1. The predicted molar refractivity (Wildman–Crippen MR) is 123 cm³/mol. The molecule has 0 fully saturated rings. The maximum Gasteiger partial charge on any atom is 0.404 e. The molecule has 4 aromatic heterocycles. The number of fused-ring (bicyclic) bond motifs is 1. The third-order valence-corrected chi connectivity index (χ3v) is 4.97. The number of nitrogens with zero attached hydrogens (tertiary/aromatic N) is 5. The molecule has 0 atom stereocenters. The van der Waals surface area contributed by atoms with Gasteiger partial charge in [-0.05, 0) is 56.5 Å². The number of hydrogen-bond acceptors (Lipinski definition) is 6. The van der Waals surface area contributed by atoms with Crippen LogP contribution in [0.2, 0.25) is 0 Å². The van der Waals surface area contributed by atoms with Gasteiger partial charge in [0, 0.05) is 31.2 Å². The minimum Gasteiger partial charge on any atom is -0.465 e. The largest absolute Gasteiger partial charge is 0.465 e. The lowest BCUT2D eigenvalue weighted by Gasteiger charge is -2.08. The average molecular weight is 432 g/mol. The van der Waals surface area contributed by atoms with Crippen LogP contribution < -0.4 is 10.6 Å². The van der Waals surface area contributed by atoms with Crippen molar-refractivity contribution in [2.75, 3.05) is 18.4 Å². The van der Waals surface area contributed by atoms with Crippen LogP contribution in [-0.2, 0) is 0 Å². The summed E-state index contributed by atoms with van der Waals surface area (Å²) in [6.45, 7) is 3.13. The van der Waals surface area contributed by atoms with Gasteiger partial charge in [-0.1, -0.05) is 12.1 Å². The molecule has 0 saturated carbocycles. The van der Waals surface area contributed by atoms with Crippen molar-refractivity contribution in [1.82, 2.24) is 29.7 Å². The van der Waals surface area contributed by atoms with E-state index in [1.165, 1.54) is 0 Å². The lowest BCUT2D eigenvalue weighted by molar-refractivity contribution is 0.194. The van der Waals surface area contributed by atoms with Gasteiger partial charge in [0.15, 0.2) is 0 Å². The fourth-order valence-corrected chi connectivity index (χ4v) is 3.49. The van der Waals surface area contributed by atoms with E-state index in [9.17, 15) is 4.79 Å². The summed E-state index contributed by atoms with van der Waals surface area (Å²) in [5, 5.41) is 14.2. The third-order valence-electron chi connectivity index (χ3n) is 4.97. The number of anilines is 1. The van der Waals surface area contributed by atoms with E-state index in [4.69, 9.17) is 15.1 Å². The summed E-state index contributed by atoms with van der Waals surface area (Å²) < 4.78 is 2.01. The quantitative estimate of drug-likeness (QED) is 0.343. The highest BCUT2D eigenvalue weighted by atomic mass is 16.4. The smallest absolute Gasteiger partial charge is 0.404 e. The van der Waals surface area contributed by atoms with Crippen molar-refractivity contribution in [2.24, 2.45) is 0 Å². The fraction of sp³-hybridized carbons (Fsp3) is 0.261. The zero-order valence-corrected chi connectivity index (χ0v) is 17.8. The summed E-state index contributed by atoms with van der Waals surface area (Å²) >= 11 is 0. The molecule has 0 saturated heterocycles. The molecular weight excluding hydrogens is 406 g/mol. The minimum atomic E-state index is -0.985. The van der Waals surface area contributed by atoms with E-state index < -0.39 is 6.09 Å². The Morgan fingerprint density at radius 2 is 1.84 bits per heavy atom. The Labute approximate surface area is 185 Å². The number of aromatic nitrogens is 5. The first-order valence-corrected chi connectivity index (χ1v) is 10.6. The zero-order valence-electron chi connectivity index (χ0n) is 17.8. The van der Waals surface area contributed by atoms with Gasteiger partial charge < -0.3 is 15.7 Å². The number of carbonyl (C=O) groups is 1. The first kappa shape index (κ1) is 21.2. The maximum atomic E-state index is 10.5. The minimum absolute atomic E-state index is 0.464. The maximum absolute atomic E-state index is 10.5. The summed E-state index contributed by atoms with van der Waals surface area (Å²) in [6.07, 6.45) is 5.31. The highest BCUT2D eigenvalue weighted by molar-refractivity contribution is 5.79. The molecule has 0 spiro atoms. The van der Waals surface area contributed by atoms with Gasteiger partial charge in [0.05, 0.1) is 11.4 Å². The molecule has 4 aromatic rings. The second-order valence-electron chi connectivity index (χ2n) is 7.39. The Morgan fingerprint density at radius 1 is 0.969 bits per heavy atom. The van der Waals surface area contributed by atoms with Crippen molar-refractivity contribution >= 4 is 17.7 Å². The molecule has 9 heteroatoms. The number of amides is 1. The molecule has 4 heterocycles. The van der Waals surface area contributed by atoms with Crippen LogP contribution in [0.15, 0.2) is 54.9 Å². The number of hydrogen-bond donors (Lipinski definition) is 3. The Bertz CT molecular complexity index is 1220. The Hall–Kier alpha value is -4.01. The van der Waals surface area contributed by atoms with Crippen molar-refractivity contribution in [3.05, 3.63) is 60.6 Å². The summed E-state index contributed by atoms with van der Waals surface area (Å²) in [5.74, 6) is 0.542.